The number of aromatic nitrogens is 1. The molecule has 1 aliphatic rings. The Morgan fingerprint density at radius 1 is 1.30 bits per heavy atom. The summed E-state index contributed by atoms with van der Waals surface area (Å²) in [5, 5.41) is 12.9. The van der Waals surface area contributed by atoms with E-state index in [-0.39, 0.29) is 29.2 Å². The van der Waals surface area contributed by atoms with E-state index in [1.165, 1.54) is 0 Å². The van der Waals surface area contributed by atoms with Crippen molar-refractivity contribution >= 4 is 28.5 Å². The highest BCUT2D eigenvalue weighted by Gasteiger charge is 2.28. The fourth-order valence-corrected chi connectivity index (χ4v) is 3.75. The third-order valence-electron chi connectivity index (χ3n) is 5.10. The number of carbonyl (C=O) groups excluding carboxylic acids is 1. The third-order valence-corrected chi connectivity index (χ3v) is 5.10. The van der Waals surface area contributed by atoms with Crippen LogP contribution in [0.25, 0.3) is 10.9 Å². The molecule has 4 N–H and O–H groups in total. The van der Waals surface area contributed by atoms with E-state index in [2.05, 4.69) is 10.3 Å². The molecule has 7 nitrogen and oxygen atoms in total. The molecular weight excluding hydrogens is 346 g/mol. The minimum Gasteiger partial charge on any atom is -0.490 e. The van der Waals surface area contributed by atoms with E-state index >= 15 is 0 Å². The Bertz CT molecular complexity index is 873. The monoisotopic (exact) mass is 371 g/mol. The van der Waals surface area contributed by atoms with Crippen LogP contribution in [-0.2, 0) is 4.79 Å². The van der Waals surface area contributed by atoms with Gasteiger partial charge in [-0.25, -0.2) is 4.79 Å². The van der Waals surface area contributed by atoms with Gasteiger partial charge < -0.3 is 20.9 Å². The number of nitrogens with two attached hydrogens (primary N) is 1. The number of aryl methyl sites for hydroxylation is 1. The highest BCUT2D eigenvalue weighted by molar-refractivity contribution is 6.06. The standard InChI is InChI=1S/C20H25N3O4/c1-3-22-19(24)12-7-9-13(10-8-12)27-15-6-4-5-14-17(15)18(21)16(20(25)26)11(2)23-14/h4-6,12-13H,3,7-10H2,1-2H3,(H2,21,23)(H,22,24)(H,25,26). The summed E-state index contributed by atoms with van der Waals surface area (Å²) in [6.07, 6.45) is 3.05. The van der Waals surface area contributed by atoms with Gasteiger partial charge in [0.2, 0.25) is 5.91 Å². The number of anilines is 1. The average molecular weight is 371 g/mol. The summed E-state index contributed by atoms with van der Waals surface area (Å²) in [7, 11) is 0. The largest absolute Gasteiger partial charge is 0.490 e. The van der Waals surface area contributed by atoms with Crippen LogP contribution in [0.2, 0.25) is 0 Å². The van der Waals surface area contributed by atoms with Crippen molar-refractivity contribution in [2.45, 2.75) is 45.6 Å². The van der Waals surface area contributed by atoms with Crippen LogP contribution in [0.1, 0.15) is 48.7 Å². The van der Waals surface area contributed by atoms with E-state index in [1.54, 1.807) is 19.1 Å². The fraction of sp³-hybridized carbons (Fsp3) is 0.450. The molecule has 0 aliphatic heterocycles. The number of nitrogen functional groups attached to an aromatic ring is 1. The minimum absolute atomic E-state index is 0.0125. The van der Waals surface area contributed by atoms with Gasteiger partial charge in [-0.05, 0) is 51.7 Å². The van der Waals surface area contributed by atoms with Crippen LogP contribution in [0.3, 0.4) is 0 Å². The molecule has 0 atom stereocenters. The van der Waals surface area contributed by atoms with Gasteiger partial charge in [-0.15, -0.1) is 0 Å². The van der Waals surface area contributed by atoms with Gasteiger partial charge in [0.25, 0.3) is 0 Å². The lowest BCUT2D eigenvalue weighted by Gasteiger charge is -2.28. The molecule has 0 saturated heterocycles. The molecular formula is C20H25N3O4. The van der Waals surface area contributed by atoms with Gasteiger partial charge in [0.1, 0.15) is 11.3 Å². The molecule has 1 heterocycles. The lowest BCUT2D eigenvalue weighted by atomic mass is 9.86. The summed E-state index contributed by atoms with van der Waals surface area (Å²) in [4.78, 5) is 27.9. The average Bonchev–Trinajstić information content (AvgIpc) is 2.62. The van der Waals surface area contributed by atoms with Crippen molar-refractivity contribution in [1.82, 2.24) is 10.3 Å². The number of rotatable bonds is 5. The number of hydrogen-bond acceptors (Lipinski definition) is 5. The van der Waals surface area contributed by atoms with Crippen molar-refractivity contribution < 1.29 is 19.4 Å². The molecule has 0 unspecified atom stereocenters. The molecule has 1 aromatic carbocycles. The zero-order valence-electron chi connectivity index (χ0n) is 15.6. The topological polar surface area (TPSA) is 115 Å². The molecule has 1 aromatic heterocycles. The number of carbonyl (C=O) groups is 2. The normalized spacial score (nSPS) is 19.6. The number of carboxylic acid groups (broad SMARTS) is 1. The van der Waals surface area contributed by atoms with Crippen molar-refractivity contribution in [1.29, 1.82) is 0 Å². The Kier molecular flexibility index (Phi) is 5.48. The van der Waals surface area contributed by atoms with Gasteiger partial charge in [-0.3, -0.25) is 9.78 Å². The van der Waals surface area contributed by atoms with Crippen molar-refractivity contribution in [2.24, 2.45) is 5.92 Å². The molecule has 144 valence electrons. The summed E-state index contributed by atoms with van der Waals surface area (Å²) < 4.78 is 6.17. The van der Waals surface area contributed by atoms with Crippen LogP contribution in [0.5, 0.6) is 5.75 Å². The van der Waals surface area contributed by atoms with Crippen LogP contribution in [-0.4, -0.2) is 34.6 Å². The van der Waals surface area contributed by atoms with Gasteiger partial charge in [0.15, 0.2) is 0 Å². The molecule has 2 aromatic rings. The SMILES string of the molecule is CCNC(=O)C1CCC(Oc2cccc3nc(C)c(C(=O)O)c(N)c23)CC1. The summed E-state index contributed by atoms with van der Waals surface area (Å²) >= 11 is 0. The first-order chi connectivity index (χ1) is 12.9. The summed E-state index contributed by atoms with van der Waals surface area (Å²) in [5.74, 6) is -0.417. The Morgan fingerprint density at radius 3 is 2.63 bits per heavy atom. The van der Waals surface area contributed by atoms with Gasteiger partial charge in [0.05, 0.1) is 28.4 Å². The number of nitrogens with zero attached hydrogens (tertiary/aromatic N) is 1. The van der Waals surface area contributed by atoms with Crippen LogP contribution in [0.4, 0.5) is 5.69 Å². The predicted molar refractivity (Wildman–Crippen MR) is 103 cm³/mol. The Morgan fingerprint density at radius 2 is 2.00 bits per heavy atom. The molecule has 1 fully saturated rings. The second kappa shape index (κ2) is 7.82. The van der Waals surface area contributed by atoms with E-state index in [9.17, 15) is 14.7 Å². The molecule has 7 heteroatoms. The zero-order chi connectivity index (χ0) is 19.6. The number of carboxylic acids is 1. The zero-order valence-corrected chi connectivity index (χ0v) is 15.6. The van der Waals surface area contributed by atoms with E-state index in [1.807, 2.05) is 13.0 Å². The third kappa shape index (κ3) is 3.82. The highest BCUT2D eigenvalue weighted by atomic mass is 16.5. The number of hydrogen-bond donors (Lipinski definition) is 3. The first-order valence-corrected chi connectivity index (χ1v) is 9.28. The van der Waals surface area contributed by atoms with Crippen molar-refractivity contribution in [2.75, 3.05) is 12.3 Å². The van der Waals surface area contributed by atoms with E-state index in [4.69, 9.17) is 10.5 Å². The molecule has 1 aliphatic carbocycles. The number of benzene rings is 1. The van der Waals surface area contributed by atoms with Crippen LogP contribution in [0.15, 0.2) is 18.2 Å². The van der Waals surface area contributed by atoms with Crippen LogP contribution < -0.4 is 15.8 Å². The van der Waals surface area contributed by atoms with Crippen LogP contribution >= 0.6 is 0 Å². The van der Waals surface area contributed by atoms with E-state index < -0.39 is 5.97 Å². The first kappa shape index (κ1) is 18.9. The smallest absolute Gasteiger partial charge is 0.339 e. The van der Waals surface area contributed by atoms with E-state index in [0.717, 1.165) is 25.7 Å². The summed E-state index contributed by atoms with van der Waals surface area (Å²) in [6.45, 7) is 4.19. The lowest BCUT2D eigenvalue weighted by Crippen LogP contribution is -2.35. The number of pyridine rings is 1. The maximum atomic E-state index is 12.0. The molecule has 0 spiro atoms. The highest BCUT2D eigenvalue weighted by Crippen LogP contribution is 2.36. The Balaban J connectivity index is 1.83. The van der Waals surface area contributed by atoms with E-state index in [0.29, 0.717) is 28.9 Å². The molecule has 27 heavy (non-hydrogen) atoms. The van der Waals surface area contributed by atoms with Crippen molar-refractivity contribution in [3.63, 3.8) is 0 Å². The molecule has 1 saturated carbocycles. The minimum atomic E-state index is -1.10. The van der Waals surface area contributed by atoms with Crippen molar-refractivity contribution in [3.8, 4) is 5.75 Å². The number of fused-ring (bicyclic) bond motifs is 1. The number of aromatic carboxylic acids is 1. The number of nitrogens with one attached hydrogen (secondary N) is 1. The van der Waals surface area contributed by atoms with Crippen molar-refractivity contribution in [3.05, 3.63) is 29.5 Å². The lowest BCUT2D eigenvalue weighted by molar-refractivity contribution is -0.126. The molecule has 3 rings (SSSR count). The maximum absolute atomic E-state index is 12.0. The number of ether oxygens (including phenoxy) is 1. The summed E-state index contributed by atoms with van der Waals surface area (Å²) in [6, 6.07) is 5.41. The first-order valence-electron chi connectivity index (χ1n) is 9.28. The van der Waals surface area contributed by atoms with Gasteiger partial charge in [-0.2, -0.15) is 0 Å². The Hall–Kier alpha value is -2.83. The second-order valence-corrected chi connectivity index (χ2v) is 6.93. The van der Waals surface area contributed by atoms with Crippen LogP contribution in [0, 0.1) is 12.8 Å². The van der Waals surface area contributed by atoms with Gasteiger partial charge in [-0.1, -0.05) is 6.07 Å². The quantitative estimate of drug-likeness (QED) is 0.744. The molecule has 0 radical (unpaired) electrons. The fourth-order valence-electron chi connectivity index (χ4n) is 3.75. The predicted octanol–water partition coefficient (Wildman–Crippen LogP) is 2.90. The van der Waals surface area contributed by atoms with Gasteiger partial charge in [0, 0.05) is 12.5 Å². The number of amides is 1. The second-order valence-electron chi connectivity index (χ2n) is 6.93. The summed E-state index contributed by atoms with van der Waals surface area (Å²) in [5.41, 5.74) is 7.35. The maximum Gasteiger partial charge on any atom is 0.339 e. The molecule has 0 bridgehead atoms. The Labute approximate surface area is 157 Å². The van der Waals surface area contributed by atoms with Gasteiger partial charge >= 0.3 is 5.97 Å². The molecule has 1 amide bonds.